The van der Waals surface area contributed by atoms with E-state index in [9.17, 15) is 28.7 Å². The molecule has 4 aliphatic rings. The molecule has 2 aliphatic carbocycles. The number of aromatic hydroxyl groups is 1. The zero-order valence-corrected chi connectivity index (χ0v) is 25.3. The Morgan fingerprint density at radius 2 is 1.69 bits per heavy atom. The van der Waals surface area contributed by atoms with Crippen molar-refractivity contribution in [3.8, 4) is 11.5 Å². The van der Waals surface area contributed by atoms with Crippen molar-refractivity contribution in [2.24, 2.45) is 29.1 Å². The van der Waals surface area contributed by atoms with E-state index in [1.165, 1.54) is 23.1 Å². The van der Waals surface area contributed by atoms with Crippen molar-refractivity contribution < 1.29 is 33.4 Å². The summed E-state index contributed by atoms with van der Waals surface area (Å²) in [6.07, 6.45) is 2.44. The molecule has 0 radical (unpaired) electrons. The Labute approximate surface area is 264 Å². The van der Waals surface area contributed by atoms with Crippen molar-refractivity contribution in [1.82, 2.24) is 0 Å². The van der Waals surface area contributed by atoms with Crippen LogP contribution in [0.25, 0.3) is 0 Å². The first kappa shape index (κ1) is 29.2. The highest BCUT2D eigenvalue weighted by molar-refractivity contribution is 6.32. The van der Waals surface area contributed by atoms with Crippen molar-refractivity contribution in [2.75, 3.05) is 16.4 Å². The van der Waals surface area contributed by atoms with E-state index in [1.807, 2.05) is 12.1 Å². The number of amides is 4. The lowest BCUT2D eigenvalue weighted by atomic mass is 9.51. The quantitative estimate of drug-likeness (QED) is 0.274. The zero-order valence-electron chi connectivity index (χ0n) is 24.6. The van der Waals surface area contributed by atoms with Crippen LogP contribution in [0.15, 0.2) is 78.4 Å². The van der Waals surface area contributed by atoms with E-state index in [4.69, 9.17) is 16.3 Å². The predicted octanol–water partition coefficient (Wildman–Crippen LogP) is 6.02. The van der Waals surface area contributed by atoms with E-state index in [0.717, 1.165) is 16.5 Å². The molecule has 1 saturated carbocycles. The molecule has 3 aromatic carbocycles. The number of hydrogen-bond donors (Lipinski definition) is 1. The summed E-state index contributed by atoms with van der Waals surface area (Å²) >= 11 is 6.07. The van der Waals surface area contributed by atoms with Gasteiger partial charge in [-0.15, -0.1) is 0 Å². The monoisotopic (exact) mass is 628 g/mol. The molecule has 2 aliphatic heterocycles. The average molecular weight is 629 g/mol. The lowest BCUT2D eigenvalue weighted by molar-refractivity contribution is -0.131. The van der Waals surface area contributed by atoms with Crippen LogP contribution in [0, 0.1) is 34.9 Å². The summed E-state index contributed by atoms with van der Waals surface area (Å²) in [6.45, 7) is 3.83. The molecule has 0 bridgehead atoms. The topological polar surface area (TPSA) is 104 Å². The van der Waals surface area contributed by atoms with Crippen molar-refractivity contribution in [1.29, 1.82) is 0 Å². The number of benzene rings is 3. The maximum absolute atomic E-state index is 14.5. The van der Waals surface area contributed by atoms with Crippen molar-refractivity contribution >= 4 is 46.6 Å². The van der Waals surface area contributed by atoms with Crippen LogP contribution in [-0.2, 0) is 19.2 Å². The summed E-state index contributed by atoms with van der Waals surface area (Å²) in [5, 5.41) is 10.3. The fourth-order valence-electron chi connectivity index (χ4n) is 8.08. The fourth-order valence-corrected chi connectivity index (χ4v) is 8.25. The largest absolute Gasteiger partial charge is 0.504 e. The molecule has 7 rings (SSSR count). The highest BCUT2D eigenvalue weighted by atomic mass is 35.5. The molecule has 45 heavy (non-hydrogen) atoms. The molecule has 230 valence electrons. The number of carbonyl (C=O) groups is 4. The number of hydrogen-bond acceptors (Lipinski definition) is 6. The summed E-state index contributed by atoms with van der Waals surface area (Å²) in [5.41, 5.74) is 0.781. The van der Waals surface area contributed by atoms with Crippen LogP contribution in [0.1, 0.15) is 38.2 Å². The van der Waals surface area contributed by atoms with E-state index in [2.05, 4.69) is 0 Å². The first-order valence-electron chi connectivity index (χ1n) is 15.0. The minimum atomic E-state index is -1.31. The molecular weight excluding hydrogens is 599 g/mol. The highest BCUT2D eigenvalue weighted by Gasteiger charge is 2.67. The van der Waals surface area contributed by atoms with Gasteiger partial charge in [-0.3, -0.25) is 24.1 Å². The number of phenolic OH excluding ortho intramolecular Hbond substituents is 1. The Morgan fingerprint density at radius 1 is 0.933 bits per heavy atom. The standard InChI is InChI=1S/C35H30ClFN2O6/c1-3-45-28-15-18(9-14-27(28)40)30-21-11-12-22-29(33(43)38(31(22)41)19-7-5-4-6-8-19)23(21)17-24-32(42)39(34(44)35(24,30)2)20-10-13-26(37)25(36)16-20/h4-11,13-16,22-24,29-30,40H,3,12,17H2,1-2H3/t22-,23+,24-,29-,30-,35+/m0/s1. The van der Waals surface area contributed by atoms with Crippen molar-refractivity contribution in [2.45, 2.75) is 32.6 Å². The number of rotatable bonds is 5. The third-order valence-electron chi connectivity index (χ3n) is 10.1. The molecule has 3 aromatic rings. The third-order valence-corrected chi connectivity index (χ3v) is 10.4. The van der Waals surface area contributed by atoms with E-state index in [-0.39, 0.29) is 40.4 Å². The van der Waals surface area contributed by atoms with Gasteiger partial charge >= 0.3 is 0 Å². The summed E-state index contributed by atoms with van der Waals surface area (Å²) in [4.78, 5) is 58.9. The van der Waals surface area contributed by atoms with Gasteiger partial charge in [0, 0.05) is 5.92 Å². The molecule has 4 amide bonds. The number of anilines is 2. The predicted molar refractivity (Wildman–Crippen MR) is 164 cm³/mol. The number of nitrogens with zero attached hydrogens (tertiary/aromatic N) is 2. The molecule has 8 nitrogen and oxygen atoms in total. The SMILES string of the molecule is CCOc1cc([C@H]2C3=CC[C@@H]4C(=O)N(c5ccccc5)C(=O)[C@@H]4[C@@H]3C[C@H]3C(=O)N(c4ccc(F)c(Cl)c4)C(=O)[C@@]23C)ccc1O. The minimum Gasteiger partial charge on any atom is -0.504 e. The second-order valence-corrected chi connectivity index (χ2v) is 12.7. The van der Waals surface area contributed by atoms with E-state index in [0.29, 0.717) is 24.3 Å². The van der Waals surface area contributed by atoms with Gasteiger partial charge in [-0.2, -0.15) is 0 Å². The highest BCUT2D eigenvalue weighted by Crippen LogP contribution is 2.64. The lowest BCUT2D eigenvalue weighted by Gasteiger charge is -2.49. The molecule has 6 atom stereocenters. The first-order chi connectivity index (χ1) is 21.6. The van der Waals surface area contributed by atoms with Gasteiger partial charge in [0.15, 0.2) is 11.5 Å². The number of imide groups is 2. The fraction of sp³-hybridized carbons (Fsp3) is 0.314. The van der Waals surface area contributed by atoms with Gasteiger partial charge < -0.3 is 9.84 Å². The average Bonchev–Trinajstić information content (AvgIpc) is 3.40. The number of para-hydroxylation sites is 1. The van der Waals surface area contributed by atoms with Crippen LogP contribution in [0.3, 0.4) is 0 Å². The summed E-state index contributed by atoms with van der Waals surface area (Å²) in [6, 6.07) is 17.4. The summed E-state index contributed by atoms with van der Waals surface area (Å²) in [5.74, 6) is -5.45. The molecule has 1 N–H and O–H groups in total. The van der Waals surface area contributed by atoms with Crippen LogP contribution in [0.4, 0.5) is 15.8 Å². The van der Waals surface area contributed by atoms with Gasteiger partial charge in [0.25, 0.3) is 0 Å². The van der Waals surface area contributed by atoms with Gasteiger partial charge in [-0.25, -0.2) is 9.29 Å². The van der Waals surface area contributed by atoms with Crippen molar-refractivity contribution in [3.05, 3.63) is 94.8 Å². The van der Waals surface area contributed by atoms with E-state index >= 15 is 0 Å². The second-order valence-electron chi connectivity index (χ2n) is 12.3. The molecular formula is C35H30ClFN2O6. The first-order valence-corrected chi connectivity index (χ1v) is 15.4. The van der Waals surface area contributed by atoms with E-state index in [1.54, 1.807) is 50.2 Å². The zero-order chi connectivity index (χ0) is 31.8. The van der Waals surface area contributed by atoms with Gasteiger partial charge in [0.1, 0.15) is 5.82 Å². The lowest BCUT2D eigenvalue weighted by Crippen LogP contribution is -2.48. The van der Waals surface area contributed by atoms with Crippen LogP contribution >= 0.6 is 11.6 Å². The molecule has 0 spiro atoms. The number of fused-ring (bicyclic) bond motifs is 4. The second kappa shape index (κ2) is 10.5. The molecule has 2 heterocycles. The number of ether oxygens (including phenoxy) is 1. The Balaban J connectivity index is 1.38. The number of carbonyl (C=O) groups excluding carboxylic acids is 4. The van der Waals surface area contributed by atoms with Crippen LogP contribution < -0.4 is 14.5 Å². The van der Waals surface area contributed by atoms with E-state index < -0.39 is 52.6 Å². The van der Waals surface area contributed by atoms with Gasteiger partial charge in [0.05, 0.1) is 46.2 Å². The summed E-state index contributed by atoms with van der Waals surface area (Å²) in [7, 11) is 0. The van der Waals surface area contributed by atoms with Crippen LogP contribution in [-0.4, -0.2) is 35.3 Å². The maximum Gasteiger partial charge on any atom is 0.241 e. The Kier molecular flexibility index (Phi) is 6.85. The molecule has 2 saturated heterocycles. The normalized spacial score (nSPS) is 29.0. The Bertz CT molecular complexity index is 1810. The van der Waals surface area contributed by atoms with Gasteiger partial charge in [-0.05, 0) is 80.6 Å². The molecule has 0 unspecified atom stereocenters. The summed E-state index contributed by atoms with van der Waals surface area (Å²) < 4.78 is 19.8. The third kappa shape index (κ3) is 4.16. The van der Waals surface area contributed by atoms with Crippen LogP contribution in [0.2, 0.25) is 5.02 Å². The van der Waals surface area contributed by atoms with Crippen molar-refractivity contribution in [3.63, 3.8) is 0 Å². The minimum absolute atomic E-state index is 0.0705. The number of phenols is 1. The number of allylic oxidation sites excluding steroid dienone is 2. The molecule has 0 aromatic heterocycles. The van der Waals surface area contributed by atoms with Crippen LogP contribution in [0.5, 0.6) is 11.5 Å². The Morgan fingerprint density at radius 3 is 2.40 bits per heavy atom. The molecule has 10 heteroatoms. The maximum atomic E-state index is 14.5. The van der Waals surface area contributed by atoms with Gasteiger partial charge in [0.2, 0.25) is 23.6 Å². The Hall–Kier alpha value is -4.50. The number of halogens is 2. The molecule has 3 fully saturated rings. The smallest absolute Gasteiger partial charge is 0.241 e. The van der Waals surface area contributed by atoms with Gasteiger partial charge in [-0.1, -0.05) is 47.5 Å².